The molecule has 0 saturated carbocycles. The van der Waals surface area contributed by atoms with Crippen molar-refractivity contribution < 1.29 is 19.3 Å². The van der Waals surface area contributed by atoms with E-state index in [1.54, 1.807) is 6.07 Å². The van der Waals surface area contributed by atoms with Crippen LogP contribution >= 0.6 is 0 Å². The summed E-state index contributed by atoms with van der Waals surface area (Å²) < 4.78 is 11.9. The van der Waals surface area contributed by atoms with E-state index in [4.69, 9.17) is 14.7 Å². The molecule has 3 aromatic carbocycles. The zero-order valence-corrected chi connectivity index (χ0v) is 23.7. The standard InChI is InChI=1S/C34H31N3O3/c1-19-17-33(3,4)36-27-15-29-25(13-23(19)27)31(21-9-7-8-10-22(21)32(38)39-12-11-35)26-14-24-20(2)18-34(5,6)37-28(24)16-30(26)40-29/h7-10,13-18,36H,12H2,1-6H3/p+1. The van der Waals surface area contributed by atoms with Crippen LogP contribution in [-0.2, 0) is 4.74 Å². The van der Waals surface area contributed by atoms with Gasteiger partial charge in [-0.1, -0.05) is 24.3 Å². The minimum atomic E-state index is -0.533. The second-order valence-electron chi connectivity index (χ2n) is 11.9. The summed E-state index contributed by atoms with van der Waals surface area (Å²) in [6, 6.07) is 17.7. The highest BCUT2D eigenvalue weighted by Gasteiger charge is 2.31. The highest BCUT2D eigenvalue weighted by atomic mass is 16.5. The summed E-state index contributed by atoms with van der Waals surface area (Å²) in [7, 11) is 0. The van der Waals surface area contributed by atoms with Crippen LogP contribution in [0.5, 0.6) is 11.5 Å². The van der Waals surface area contributed by atoms with Crippen molar-refractivity contribution in [1.82, 2.24) is 0 Å². The van der Waals surface area contributed by atoms with E-state index in [9.17, 15) is 4.79 Å². The van der Waals surface area contributed by atoms with E-state index in [1.807, 2.05) is 24.3 Å². The van der Waals surface area contributed by atoms with Gasteiger partial charge in [0.15, 0.2) is 12.1 Å². The van der Waals surface area contributed by atoms with Crippen molar-refractivity contribution in [3.8, 4) is 17.6 Å². The molecule has 3 aliphatic rings. The molecule has 0 atom stereocenters. The van der Waals surface area contributed by atoms with Gasteiger partial charge in [-0.25, -0.2) is 9.79 Å². The van der Waals surface area contributed by atoms with Gasteiger partial charge in [0, 0.05) is 53.1 Å². The fourth-order valence-electron chi connectivity index (χ4n) is 6.19. The number of fused-ring (bicyclic) bond motifs is 4. The van der Waals surface area contributed by atoms with E-state index >= 15 is 0 Å². The maximum absolute atomic E-state index is 13.1. The van der Waals surface area contributed by atoms with Crippen LogP contribution in [0.4, 0.5) is 5.69 Å². The Morgan fingerprint density at radius 2 is 1.70 bits per heavy atom. The van der Waals surface area contributed by atoms with Crippen molar-refractivity contribution in [3.63, 3.8) is 0 Å². The Labute approximate surface area is 234 Å². The second-order valence-corrected chi connectivity index (χ2v) is 11.9. The third-order valence-corrected chi connectivity index (χ3v) is 7.60. The van der Waals surface area contributed by atoms with Gasteiger partial charge in [0.25, 0.3) is 0 Å². The summed E-state index contributed by atoms with van der Waals surface area (Å²) in [6.07, 6.45) is 4.45. The van der Waals surface area contributed by atoms with Crippen LogP contribution in [0.1, 0.15) is 74.2 Å². The van der Waals surface area contributed by atoms with Crippen LogP contribution in [0, 0.1) is 11.3 Å². The largest absolute Gasteiger partial charge is 0.456 e. The number of ether oxygens (including phenoxy) is 2. The van der Waals surface area contributed by atoms with Gasteiger partial charge in [-0.2, -0.15) is 5.26 Å². The third kappa shape index (κ3) is 4.28. The molecule has 6 nitrogen and oxygen atoms in total. The number of benzene rings is 3. The Balaban J connectivity index is 1.70. The van der Waals surface area contributed by atoms with E-state index in [1.165, 1.54) is 11.1 Å². The lowest BCUT2D eigenvalue weighted by Crippen LogP contribution is -2.89. The molecule has 0 amide bonds. The second kappa shape index (κ2) is 8.96. The van der Waals surface area contributed by atoms with E-state index in [2.05, 4.69) is 88.3 Å². The number of allylic oxidation sites excluding steroid dienone is 2. The zero-order chi connectivity index (χ0) is 28.4. The molecular weight excluding hydrogens is 498 g/mol. The Kier molecular flexibility index (Phi) is 5.74. The van der Waals surface area contributed by atoms with Crippen LogP contribution < -0.4 is 25.6 Å². The van der Waals surface area contributed by atoms with Crippen molar-refractivity contribution in [2.75, 3.05) is 11.9 Å². The quantitative estimate of drug-likeness (QED) is 0.388. The Morgan fingerprint density at radius 3 is 2.48 bits per heavy atom. The molecule has 0 aromatic heterocycles. The molecule has 3 heterocycles. The number of carbonyl (C=O) groups is 1. The highest BCUT2D eigenvalue weighted by Crippen LogP contribution is 2.44. The number of rotatable bonds is 3. The topological polar surface area (TPSA) is 85.3 Å². The van der Waals surface area contributed by atoms with Crippen LogP contribution in [0.15, 0.2) is 60.7 Å². The minimum Gasteiger partial charge on any atom is -0.456 e. The fourth-order valence-corrected chi connectivity index (χ4v) is 6.19. The first-order chi connectivity index (χ1) is 19.0. The van der Waals surface area contributed by atoms with Gasteiger partial charge in [-0.05, 0) is 68.7 Å². The van der Waals surface area contributed by atoms with Crippen molar-refractivity contribution in [2.24, 2.45) is 0 Å². The molecular formula is C34H32N3O3+. The summed E-state index contributed by atoms with van der Waals surface area (Å²) in [5.41, 5.74) is 8.05. The van der Waals surface area contributed by atoms with Gasteiger partial charge in [-0.15, -0.1) is 0 Å². The minimum absolute atomic E-state index is 0.194. The summed E-state index contributed by atoms with van der Waals surface area (Å²) in [6.45, 7) is 12.5. The van der Waals surface area contributed by atoms with Crippen molar-refractivity contribution >= 4 is 28.4 Å². The first kappa shape index (κ1) is 25.6. The fraction of sp³-hybridized carbons (Fsp3) is 0.265. The van der Waals surface area contributed by atoms with Gasteiger partial charge in [-0.3, -0.25) is 0 Å². The molecule has 3 aromatic rings. The summed E-state index contributed by atoms with van der Waals surface area (Å²) >= 11 is 0. The first-order valence-corrected chi connectivity index (χ1v) is 13.5. The number of hydrogen-bond acceptors (Lipinski definition) is 5. The van der Waals surface area contributed by atoms with Crippen LogP contribution in [0.25, 0.3) is 16.7 Å². The van der Waals surface area contributed by atoms with Crippen LogP contribution in [0.2, 0.25) is 0 Å². The van der Waals surface area contributed by atoms with Gasteiger partial charge in [0.05, 0.1) is 17.2 Å². The predicted molar refractivity (Wildman–Crippen MR) is 155 cm³/mol. The lowest BCUT2D eigenvalue weighted by atomic mass is 9.84. The average molecular weight is 531 g/mol. The number of carbonyl (C=O) groups excluding carboxylic acids is 1. The molecule has 0 unspecified atom stereocenters. The smallest absolute Gasteiger partial charge is 0.339 e. The van der Waals surface area contributed by atoms with E-state index in [0.717, 1.165) is 44.1 Å². The molecule has 6 heteroatoms. The monoisotopic (exact) mass is 530 g/mol. The Hall–Kier alpha value is -4.63. The maximum Gasteiger partial charge on any atom is 0.339 e. The van der Waals surface area contributed by atoms with Crippen molar-refractivity contribution in [2.45, 2.75) is 52.6 Å². The summed E-state index contributed by atoms with van der Waals surface area (Å²) in [4.78, 5) is 16.8. The molecule has 200 valence electrons. The van der Waals surface area contributed by atoms with Gasteiger partial charge in [0.2, 0.25) is 5.36 Å². The van der Waals surface area contributed by atoms with Crippen molar-refractivity contribution in [3.05, 3.63) is 99.1 Å². The van der Waals surface area contributed by atoms with Crippen LogP contribution in [0.3, 0.4) is 0 Å². The molecule has 2 N–H and O–H groups in total. The zero-order valence-electron chi connectivity index (χ0n) is 23.7. The van der Waals surface area contributed by atoms with E-state index < -0.39 is 5.97 Å². The number of nitrogens with zero attached hydrogens (tertiary/aromatic N) is 1. The Morgan fingerprint density at radius 1 is 0.950 bits per heavy atom. The molecule has 0 spiro atoms. The maximum atomic E-state index is 13.1. The Bertz CT molecular complexity index is 1850. The third-order valence-electron chi connectivity index (χ3n) is 7.60. The number of hydrogen-bond donors (Lipinski definition) is 2. The van der Waals surface area contributed by atoms with Crippen LogP contribution in [-0.4, -0.2) is 23.7 Å². The summed E-state index contributed by atoms with van der Waals surface area (Å²) in [5.74, 6) is 0.887. The molecule has 0 aliphatic carbocycles. The number of nitriles is 1. The molecule has 0 saturated heterocycles. The number of nitrogens with one attached hydrogen (secondary N) is 2. The molecule has 6 rings (SSSR count). The molecule has 3 aliphatic heterocycles. The average Bonchev–Trinajstić information content (AvgIpc) is 2.87. The lowest BCUT2D eigenvalue weighted by Gasteiger charge is -2.33. The number of esters is 1. The molecule has 0 fully saturated rings. The van der Waals surface area contributed by atoms with E-state index in [0.29, 0.717) is 17.1 Å². The first-order valence-electron chi connectivity index (χ1n) is 13.5. The molecule has 0 radical (unpaired) electrons. The number of anilines is 1. The lowest BCUT2D eigenvalue weighted by molar-refractivity contribution is -0.568. The van der Waals surface area contributed by atoms with E-state index in [-0.39, 0.29) is 17.7 Å². The molecule has 0 bridgehead atoms. The summed E-state index contributed by atoms with van der Waals surface area (Å²) in [5, 5.41) is 14.5. The van der Waals surface area contributed by atoms with Gasteiger partial charge >= 0.3 is 5.97 Å². The van der Waals surface area contributed by atoms with Gasteiger partial charge < -0.3 is 14.8 Å². The molecule has 40 heavy (non-hydrogen) atoms. The van der Waals surface area contributed by atoms with Crippen molar-refractivity contribution in [1.29, 1.82) is 5.26 Å². The van der Waals surface area contributed by atoms with Gasteiger partial charge in [0.1, 0.15) is 17.6 Å². The normalized spacial score (nSPS) is 17.2. The highest BCUT2D eigenvalue weighted by molar-refractivity contribution is 6.00. The predicted octanol–water partition coefficient (Wildman–Crippen LogP) is 4.22. The SMILES string of the molecule is CC1=CC(C)(C)Nc2cc3c(cc21)C(c1ccccc1C(=O)OCC#N)=c1cc2c(cc1O3)=[NH+]C(C)(C)C=C2C.